The first-order valence-electron chi connectivity index (χ1n) is 9.13. The number of aryl methyl sites for hydroxylation is 1. The molecule has 4 aromatic rings. The molecule has 31 heavy (non-hydrogen) atoms. The van der Waals surface area contributed by atoms with Gasteiger partial charge in [-0.25, -0.2) is 4.98 Å². The van der Waals surface area contributed by atoms with Gasteiger partial charge in [0.2, 0.25) is 5.56 Å². The highest BCUT2D eigenvalue weighted by Gasteiger charge is 2.04. The molecule has 9 heteroatoms. The van der Waals surface area contributed by atoms with Gasteiger partial charge in [-0.1, -0.05) is 30.3 Å². The van der Waals surface area contributed by atoms with Crippen LogP contribution in [0.2, 0.25) is 0 Å². The Kier molecular flexibility index (Phi) is 8.10. The molecule has 0 aliphatic rings. The van der Waals surface area contributed by atoms with Crippen LogP contribution >= 0.6 is 12.4 Å². The van der Waals surface area contributed by atoms with Crippen LogP contribution in [-0.2, 0) is 0 Å². The summed E-state index contributed by atoms with van der Waals surface area (Å²) in [4.78, 5) is 17.9. The first-order chi connectivity index (χ1) is 14.5. The zero-order valence-electron chi connectivity index (χ0n) is 17.1. The molecule has 0 atom stereocenters. The van der Waals surface area contributed by atoms with Gasteiger partial charge in [0.05, 0.1) is 18.3 Å². The van der Waals surface area contributed by atoms with Crippen LogP contribution in [0.4, 0.5) is 23.0 Å². The molecule has 2 aromatic heterocycles. The van der Waals surface area contributed by atoms with E-state index in [1.54, 1.807) is 25.3 Å². The lowest BCUT2D eigenvalue weighted by Gasteiger charge is -2.05. The molecule has 0 fully saturated rings. The standard InChI is InChI=1S/C11H11N5.C11H11NO2.ClH/c12-10-7-6-9(11(13)14-10)16-15-8-4-2-1-3-5-8;1-7-6-10(13)12-11-8(7)4-3-5-9(11)14-2;/h1-7H,(H4,12,13,14);3-6H,1-2H3,(H,12,13);1H. The van der Waals surface area contributed by atoms with Gasteiger partial charge in [0.25, 0.3) is 0 Å². The molecule has 0 radical (unpaired) electrons. The van der Waals surface area contributed by atoms with Crippen LogP contribution in [0.1, 0.15) is 5.56 Å². The highest BCUT2D eigenvalue weighted by molar-refractivity contribution is 5.87. The predicted octanol–water partition coefficient (Wildman–Crippen LogP) is 4.93. The molecule has 2 aromatic carbocycles. The number of pyridine rings is 2. The van der Waals surface area contributed by atoms with E-state index in [1.807, 2.05) is 55.5 Å². The van der Waals surface area contributed by atoms with E-state index in [4.69, 9.17) is 16.2 Å². The van der Waals surface area contributed by atoms with Crippen molar-refractivity contribution in [1.82, 2.24) is 9.97 Å². The highest BCUT2D eigenvalue weighted by atomic mass is 35.5. The Labute approximate surface area is 185 Å². The maximum Gasteiger partial charge on any atom is 0.248 e. The first kappa shape index (κ1) is 23.4. The summed E-state index contributed by atoms with van der Waals surface area (Å²) >= 11 is 0. The van der Waals surface area contributed by atoms with Gasteiger partial charge in [0, 0.05) is 11.5 Å². The molecule has 0 spiro atoms. The van der Waals surface area contributed by atoms with Gasteiger partial charge < -0.3 is 21.2 Å². The average molecular weight is 439 g/mol. The SMILES string of the molecule is COc1cccc2c(C)cc(=O)[nH]c12.Cl.Nc1ccc(N=Nc2ccccc2)c(N)n1. The van der Waals surface area contributed by atoms with Crippen molar-refractivity contribution in [2.24, 2.45) is 10.2 Å². The minimum atomic E-state index is -0.0977. The van der Waals surface area contributed by atoms with Crippen molar-refractivity contribution in [2.75, 3.05) is 18.6 Å². The van der Waals surface area contributed by atoms with E-state index in [0.717, 1.165) is 22.2 Å². The van der Waals surface area contributed by atoms with Crippen LogP contribution < -0.4 is 21.8 Å². The monoisotopic (exact) mass is 438 g/mol. The second-order valence-corrected chi connectivity index (χ2v) is 6.38. The van der Waals surface area contributed by atoms with Gasteiger partial charge in [0.1, 0.15) is 17.3 Å². The number of aromatic nitrogens is 2. The lowest BCUT2D eigenvalue weighted by atomic mass is 10.1. The summed E-state index contributed by atoms with van der Waals surface area (Å²) in [5, 5.41) is 9.05. The Hall–Kier alpha value is -3.91. The minimum absolute atomic E-state index is 0. The van der Waals surface area contributed by atoms with Crippen molar-refractivity contribution in [3.63, 3.8) is 0 Å². The number of anilines is 2. The second kappa shape index (κ2) is 10.7. The number of hydrogen-bond donors (Lipinski definition) is 3. The van der Waals surface area contributed by atoms with Crippen LogP contribution in [0.15, 0.2) is 81.8 Å². The quantitative estimate of drug-likeness (QED) is 0.390. The molecule has 0 bridgehead atoms. The maximum absolute atomic E-state index is 11.3. The Morgan fingerprint density at radius 2 is 1.71 bits per heavy atom. The number of nitrogens with one attached hydrogen (secondary N) is 1. The maximum atomic E-state index is 11.3. The molecule has 5 N–H and O–H groups in total. The third kappa shape index (κ3) is 6.03. The molecule has 0 saturated heterocycles. The van der Waals surface area contributed by atoms with Crippen LogP contribution in [0, 0.1) is 6.92 Å². The summed E-state index contributed by atoms with van der Waals surface area (Å²) < 4.78 is 5.17. The number of ether oxygens (including phenoxy) is 1. The Bertz CT molecular complexity index is 1240. The van der Waals surface area contributed by atoms with Crippen LogP contribution in [0.3, 0.4) is 0 Å². The van der Waals surface area contributed by atoms with Crippen molar-refractivity contribution < 1.29 is 4.74 Å². The molecule has 0 saturated carbocycles. The third-order valence-corrected chi connectivity index (χ3v) is 4.22. The fourth-order valence-electron chi connectivity index (χ4n) is 2.77. The van der Waals surface area contributed by atoms with Gasteiger partial charge in [-0.15, -0.1) is 17.5 Å². The van der Waals surface area contributed by atoms with Gasteiger partial charge >= 0.3 is 0 Å². The van der Waals surface area contributed by atoms with E-state index < -0.39 is 0 Å². The molecule has 2 heterocycles. The molecule has 0 aliphatic carbocycles. The van der Waals surface area contributed by atoms with Crippen LogP contribution in [-0.4, -0.2) is 17.1 Å². The van der Waals surface area contributed by atoms with Crippen molar-refractivity contribution >= 4 is 46.3 Å². The lowest BCUT2D eigenvalue weighted by Crippen LogP contribution is -2.05. The summed E-state index contributed by atoms with van der Waals surface area (Å²) in [5.41, 5.74) is 14.0. The number of fused-ring (bicyclic) bond motifs is 1. The molecular formula is C22H23ClN6O2. The number of methoxy groups -OCH3 is 1. The number of nitrogen functional groups attached to an aromatic ring is 2. The van der Waals surface area contributed by atoms with E-state index in [-0.39, 0.29) is 23.8 Å². The Morgan fingerprint density at radius 1 is 0.968 bits per heavy atom. The van der Waals surface area contributed by atoms with E-state index >= 15 is 0 Å². The fraction of sp³-hybridized carbons (Fsp3) is 0.0909. The Morgan fingerprint density at radius 3 is 2.39 bits per heavy atom. The van der Waals surface area contributed by atoms with Crippen molar-refractivity contribution in [3.05, 3.63) is 82.6 Å². The number of rotatable bonds is 3. The van der Waals surface area contributed by atoms with Gasteiger partial charge in [0.15, 0.2) is 5.82 Å². The van der Waals surface area contributed by atoms with Gasteiger partial charge in [-0.05, 0) is 42.8 Å². The highest BCUT2D eigenvalue weighted by Crippen LogP contribution is 2.24. The molecule has 160 valence electrons. The Balaban J connectivity index is 0.000000215. The van der Waals surface area contributed by atoms with Crippen molar-refractivity contribution in [2.45, 2.75) is 6.92 Å². The molecule has 0 unspecified atom stereocenters. The zero-order chi connectivity index (χ0) is 21.5. The number of halogens is 1. The van der Waals surface area contributed by atoms with E-state index in [9.17, 15) is 4.79 Å². The zero-order valence-corrected chi connectivity index (χ0v) is 17.9. The topological polar surface area (TPSA) is 132 Å². The number of nitrogens with two attached hydrogens (primary N) is 2. The second-order valence-electron chi connectivity index (χ2n) is 6.38. The summed E-state index contributed by atoms with van der Waals surface area (Å²) in [6, 6.07) is 20.0. The first-order valence-corrected chi connectivity index (χ1v) is 9.13. The third-order valence-electron chi connectivity index (χ3n) is 4.22. The smallest absolute Gasteiger partial charge is 0.248 e. The van der Waals surface area contributed by atoms with E-state index in [2.05, 4.69) is 20.2 Å². The fourth-order valence-corrected chi connectivity index (χ4v) is 2.77. The number of nitrogens with zero attached hydrogens (tertiary/aromatic N) is 3. The van der Waals surface area contributed by atoms with Gasteiger partial charge in [-0.2, -0.15) is 5.11 Å². The number of para-hydroxylation sites is 1. The number of benzene rings is 2. The van der Waals surface area contributed by atoms with Crippen LogP contribution in [0.5, 0.6) is 5.75 Å². The molecule has 0 amide bonds. The molecule has 0 aliphatic heterocycles. The number of aromatic amines is 1. The summed E-state index contributed by atoms with van der Waals surface area (Å²) in [6.07, 6.45) is 0. The van der Waals surface area contributed by atoms with E-state index in [1.165, 1.54) is 0 Å². The molecule has 4 rings (SSSR count). The minimum Gasteiger partial charge on any atom is -0.495 e. The number of azo groups is 1. The van der Waals surface area contributed by atoms with Crippen molar-refractivity contribution in [3.8, 4) is 5.75 Å². The predicted molar refractivity (Wildman–Crippen MR) is 127 cm³/mol. The molecule has 8 nitrogen and oxygen atoms in total. The average Bonchev–Trinajstić information content (AvgIpc) is 2.74. The van der Waals surface area contributed by atoms with Crippen molar-refractivity contribution in [1.29, 1.82) is 0 Å². The number of H-pyrrole nitrogens is 1. The largest absolute Gasteiger partial charge is 0.495 e. The lowest BCUT2D eigenvalue weighted by molar-refractivity contribution is 0.419. The normalized spacial score (nSPS) is 10.3. The van der Waals surface area contributed by atoms with Crippen LogP contribution in [0.25, 0.3) is 10.9 Å². The van der Waals surface area contributed by atoms with Gasteiger partial charge in [-0.3, -0.25) is 4.79 Å². The summed E-state index contributed by atoms with van der Waals surface area (Å²) in [7, 11) is 1.59. The molecular weight excluding hydrogens is 416 g/mol. The summed E-state index contributed by atoms with van der Waals surface area (Å²) in [5.74, 6) is 1.35. The summed E-state index contributed by atoms with van der Waals surface area (Å²) in [6.45, 7) is 1.91. The van der Waals surface area contributed by atoms with E-state index in [0.29, 0.717) is 17.3 Å². The number of hydrogen-bond acceptors (Lipinski definition) is 7.